The summed E-state index contributed by atoms with van der Waals surface area (Å²) in [4.78, 5) is 19.6. The molecule has 1 aliphatic rings. The summed E-state index contributed by atoms with van der Waals surface area (Å²) in [5, 5.41) is 0.757. The van der Waals surface area contributed by atoms with E-state index in [0.29, 0.717) is 30.9 Å². The molecule has 9 heteroatoms. The topological polar surface area (TPSA) is 75.5 Å². The summed E-state index contributed by atoms with van der Waals surface area (Å²) in [5.41, 5.74) is 1.54. The Balaban J connectivity index is 1.82. The van der Waals surface area contributed by atoms with Crippen molar-refractivity contribution in [1.82, 2.24) is 18.8 Å². The molecule has 30 heavy (non-hydrogen) atoms. The third-order valence-electron chi connectivity index (χ3n) is 5.63. The van der Waals surface area contributed by atoms with E-state index in [1.165, 1.54) is 28.9 Å². The predicted molar refractivity (Wildman–Crippen MR) is 121 cm³/mol. The number of carbonyl (C=O) groups is 1. The van der Waals surface area contributed by atoms with Crippen molar-refractivity contribution in [3.63, 3.8) is 0 Å². The summed E-state index contributed by atoms with van der Waals surface area (Å²) in [5.74, 6) is 0.509. The number of aryl methyl sites for hydroxylation is 1. The van der Waals surface area contributed by atoms with Gasteiger partial charge in [0.1, 0.15) is 0 Å². The van der Waals surface area contributed by atoms with Gasteiger partial charge in [0.05, 0.1) is 21.7 Å². The molecule has 0 bridgehead atoms. The number of sulfonamides is 1. The summed E-state index contributed by atoms with van der Waals surface area (Å²) in [7, 11) is -3.53. The molecule has 0 saturated carbocycles. The second-order valence-electron chi connectivity index (χ2n) is 7.46. The fourth-order valence-corrected chi connectivity index (χ4v) is 6.37. The Bertz CT molecular complexity index is 976. The van der Waals surface area contributed by atoms with Crippen LogP contribution in [0, 0.1) is 0 Å². The smallest absolute Gasteiger partial charge is 0.243 e. The fourth-order valence-electron chi connectivity index (χ4n) is 3.91. The maximum absolute atomic E-state index is 12.9. The summed E-state index contributed by atoms with van der Waals surface area (Å²) < 4.78 is 29.2. The second kappa shape index (κ2) is 10.2. The molecule has 1 saturated heterocycles. The van der Waals surface area contributed by atoms with Gasteiger partial charge in [-0.15, -0.1) is 0 Å². The van der Waals surface area contributed by atoms with Crippen LogP contribution in [0.2, 0.25) is 0 Å². The van der Waals surface area contributed by atoms with Gasteiger partial charge < -0.3 is 9.47 Å². The van der Waals surface area contributed by atoms with E-state index in [9.17, 15) is 13.2 Å². The number of hydrogen-bond donors (Lipinski definition) is 0. The highest BCUT2D eigenvalue weighted by molar-refractivity contribution is 7.99. The van der Waals surface area contributed by atoms with E-state index >= 15 is 0 Å². The fraction of sp³-hybridized carbons (Fsp3) is 0.619. The summed E-state index contributed by atoms with van der Waals surface area (Å²) >= 11 is 1.44. The molecule has 1 aromatic heterocycles. The molecule has 3 rings (SSSR count). The van der Waals surface area contributed by atoms with Crippen LogP contribution < -0.4 is 0 Å². The Labute approximate surface area is 183 Å². The Morgan fingerprint density at radius 1 is 1.10 bits per heavy atom. The first-order chi connectivity index (χ1) is 14.4. The van der Waals surface area contributed by atoms with E-state index in [1.807, 2.05) is 36.3 Å². The molecular weight excluding hydrogens is 420 g/mol. The molecule has 1 amide bonds. The largest absolute Gasteiger partial charge is 0.342 e. The van der Waals surface area contributed by atoms with Crippen molar-refractivity contribution in [2.75, 3.05) is 31.9 Å². The Morgan fingerprint density at radius 2 is 1.77 bits per heavy atom. The lowest BCUT2D eigenvalue weighted by Crippen LogP contribution is -2.33. The summed E-state index contributed by atoms with van der Waals surface area (Å²) in [6, 6.07) is 5.12. The van der Waals surface area contributed by atoms with Crippen LogP contribution in [-0.4, -0.2) is 65.0 Å². The molecule has 7 nitrogen and oxygen atoms in total. The van der Waals surface area contributed by atoms with Crippen LogP contribution in [0.25, 0.3) is 11.0 Å². The zero-order chi connectivity index (χ0) is 21.7. The highest BCUT2D eigenvalue weighted by Gasteiger charge is 2.23. The number of amides is 1. The molecule has 2 heterocycles. The quantitative estimate of drug-likeness (QED) is 0.572. The minimum atomic E-state index is -3.53. The molecule has 0 radical (unpaired) electrons. The van der Waals surface area contributed by atoms with Crippen LogP contribution in [0.3, 0.4) is 0 Å². The lowest BCUT2D eigenvalue weighted by atomic mass is 10.2. The maximum Gasteiger partial charge on any atom is 0.243 e. The van der Waals surface area contributed by atoms with E-state index in [4.69, 9.17) is 0 Å². The average molecular weight is 453 g/mol. The number of hydrogen-bond acceptors (Lipinski definition) is 5. The summed E-state index contributed by atoms with van der Waals surface area (Å²) in [6.07, 6.45) is 4.55. The van der Waals surface area contributed by atoms with Gasteiger partial charge in [-0.05, 0) is 38.0 Å². The zero-order valence-electron chi connectivity index (χ0n) is 18.1. The molecule has 166 valence electrons. The second-order valence-corrected chi connectivity index (χ2v) is 10.3. The molecule has 0 spiro atoms. The van der Waals surface area contributed by atoms with Crippen LogP contribution >= 0.6 is 11.8 Å². The molecule has 0 atom stereocenters. The van der Waals surface area contributed by atoms with Gasteiger partial charge in [-0.25, -0.2) is 13.4 Å². The minimum Gasteiger partial charge on any atom is -0.342 e. The van der Waals surface area contributed by atoms with E-state index in [1.54, 1.807) is 12.1 Å². The number of carbonyl (C=O) groups excluding carboxylic acids is 1. The first-order valence-electron chi connectivity index (χ1n) is 10.8. The van der Waals surface area contributed by atoms with Crippen molar-refractivity contribution in [2.24, 2.45) is 0 Å². The molecule has 0 aliphatic carbocycles. The number of thioether (sulfide) groups is 1. The van der Waals surface area contributed by atoms with Crippen molar-refractivity contribution in [2.45, 2.75) is 63.1 Å². The van der Waals surface area contributed by atoms with Crippen molar-refractivity contribution in [1.29, 1.82) is 0 Å². The number of fused-ring (bicyclic) bond motifs is 1. The number of benzene rings is 1. The number of nitrogens with zero attached hydrogens (tertiary/aromatic N) is 4. The van der Waals surface area contributed by atoms with Gasteiger partial charge >= 0.3 is 0 Å². The molecule has 1 aliphatic heterocycles. The monoisotopic (exact) mass is 452 g/mol. The lowest BCUT2D eigenvalue weighted by molar-refractivity contribution is -0.128. The normalized spacial score (nSPS) is 15.7. The molecule has 0 unspecified atom stereocenters. The van der Waals surface area contributed by atoms with Crippen LogP contribution in [-0.2, 0) is 21.4 Å². The molecular formula is C21H32N4O3S2. The zero-order valence-corrected chi connectivity index (χ0v) is 19.8. The van der Waals surface area contributed by atoms with Crippen molar-refractivity contribution >= 4 is 38.7 Å². The van der Waals surface area contributed by atoms with Gasteiger partial charge in [-0.3, -0.25) is 4.79 Å². The Morgan fingerprint density at radius 3 is 2.37 bits per heavy atom. The molecule has 1 aromatic carbocycles. The van der Waals surface area contributed by atoms with Crippen LogP contribution in [0.5, 0.6) is 0 Å². The first kappa shape index (κ1) is 23.1. The van der Waals surface area contributed by atoms with Crippen LogP contribution in [0.4, 0.5) is 0 Å². The number of aromatic nitrogens is 2. The van der Waals surface area contributed by atoms with Crippen LogP contribution in [0.1, 0.15) is 46.5 Å². The average Bonchev–Trinajstić information content (AvgIpc) is 2.89. The standard InChI is InChI=1S/C21H32N4O3S2/c1-4-24(5-2)30(27,28)17-11-12-19-18(15-17)22-21(25(19)6-3)29-16-20(26)23-13-9-7-8-10-14-23/h11-12,15H,4-10,13-14,16H2,1-3H3. The number of rotatable bonds is 8. The van der Waals surface area contributed by atoms with Crippen LogP contribution in [0.15, 0.2) is 28.3 Å². The first-order valence-corrected chi connectivity index (χ1v) is 13.3. The third kappa shape index (κ3) is 4.84. The van der Waals surface area contributed by atoms with E-state index in [2.05, 4.69) is 4.98 Å². The molecule has 0 N–H and O–H groups in total. The van der Waals surface area contributed by atoms with E-state index in [0.717, 1.165) is 36.6 Å². The predicted octanol–water partition coefficient (Wildman–Crippen LogP) is 3.58. The third-order valence-corrected chi connectivity index (χ3v) is 8.63. The van der Waals surface area contributed by atoms with Gasteiger partial charge in [-0.2, -0.15) is 4.31 Å². The van der Waals surface area contributed by atoms with Crippen molar-refractivity contribution in [3.8, 4) is 0 Å². The minimum absolute atomic E-state index is 0.154. The number of likely N-dealkylation sites (tertiary alicyclic amines) is 1. The lowest BCUT2D eigenvalue weighted by Gasteiger charge is -2.19. The van der Waals surface area contributed by atoms with Crippen molar-refractivity contribution in [3.05, 3.63) is 18.2 Å². The van der Waals surface area contributed by atoms with Gasteiger partial charge in [0.15, 0.2) is 5.16 Å². The van der Waals surface area contributed by atoms with E-state index < -0.39 is 10.0 Å². The number of imidazole rings is 1. The summed E-state index contributed by atoms with van der Waals surface area (Å²) in [6.45, 7) is 8.95. The van der Waals surface area contributed by atoms with Crippen molar-refractivity contribution < 1.29 is 13.2 Å². The van der Waals surface area contributed by atoms with Gasteiger partial charge in [0.25, 0.3) is 0 Å². The Kier molecular flexibility index (Phi) is 7.81. The van der Waals surface area contributed by atoms with E-state index in [-0.39, 0.29) is 10.8 Å². The maximum atomic E-state index is 12.9. The highest BCUT2D eigenvalue weighted by Crippen LogP contribution is 2.27. The molecule has 2 aromatic rings. The SMILES string of the molecule is CCN(CC)S(=O)(=O)c1ccc2c(c1)nc(SCC(=O)N1CCCCCC1)n2CC. The highest BCUT2D eigenvalue weighted by atomic mass is 32.2. The van der Waals surface area contributed by atoms with Gasteiger partial charge in [0.2, 0.25) is 15.9 Å². The van der Waals surface area contributed by atoms with Gasteiger partial charge in [0, 0.05) is 32.7 Å². The Hall–Kier alpha value is -1.58. The molecule has 1 fully saturated rings. The van der Waals surface area contributed by atoms with Gasteiger partial charge in [-0.1, -0.05) is 38.5 Å².